The monoisotopic (exact) mass is 723 g/mol. The molecule has 0 saturated heterocycles. The molecule has 0 aliphatic carbocycles. The number of hydrogen-bond donors (Lipinski definition) is 0. The van der Waals surface area contributed by atoms with Gasteiger partial charge in [-0.3, -0.25) is 14.4 Å². The molecule has 6 nitrogen and oxygen atoms in total. The first-order chi connectivity index (χ1) is 24.7. The van der Waals surface area contributed by atoms with Crippen molar-refractivity contribution in [1.82, 2.24) is 0 Å². The summed E-state index contributed by atoms with van der Waals surface area (Å²) in [5.41, 5.74) is 0. The Morgan fingerprint density at radius 2 is 0.647 bits per heavy atom. The van der Waals surface area contributed by atoms with Crippen molar-refractivity contribution in [1.29, 1.82) is 0 Å². The highest BCUT2D eigenvalue weighted by Gasteiger charge is 2.19. The molecule has 0 aliphatic heterocycles. The molecule has 0 aliphatic rings. The van der Waals surface area contributed by atoms with Gasteiger partial charge >= 0.3 is 17.9 Å². The zero-order valence-corrected chi connectivity index (χ0v) is 34.7. The average molecular weight is 723 g/mol. The number of carbonyl (C=O) groups is 3. The Balaban J connectivity index is 4.26. The van der Waals surface area contributed by atoms with Crippen molar-refractivity contribution >= 4 is 17.9 Å². The minimum absolute atomic E-state index is 0.0662. The van der Waals surface area contributed by atoms with E-state index < -0.39 is 6.10 Å². The fraction of sp³-hybridized carbons (Fsp3) is 0.933. The van der Waals surface area contributed by atoms with Crippen LogP contribution in [-0.4, -0.2) is 37.2 Å². The summed E-state index contributed by atoms with van der Waals surface area (Å²) in [4.78, 5) is 37.5. The van der Waals surface area contributed by atoms with Gasteiger partial charge in [-0.1, -0.05) is 202 Å². The van der Waals surface area contributed by atoms with Crippen molar-refractivity contribution in [3.05, 3.63) is 0 Å². The molecule has 0 N–H and O–H groups in total. The van der Waals surface area contributed by atoms with Crippen LogP contribution in [-0.2, 0) is 28.6 Å². The Morgan fingerprint density at radius 1 is 0.373 bits per heavy atom. The number of ether oxygens (including phenoxy) is 3. The quantitative estimate of drug-likeness (QED) is 0.0357. The van der Waals surface area contributed by atoms with Crippen molar-refractivity contribution in [2.45, 2.75) is 246 Å². The predicted octanol–water partition coefficient (Wildman–Crippen LogP) is 13.8. The predicted molar refractivity (Wildman–Crippen MR) is 215 cm³/mol. The van der Waals surface area contributed by atoms with Crippen LogP contribution >= 0.6 is 0 Å². The van der Waals surface area contributed by atoms with E-state index in [2.05, 4.69) is 34.6 Å². The van der Waals surface area contributed by atoms with Gasteiger partial charge in [-0.2, -0.15) is 0 Å². The minimum atomic E-state index is -0.759. The second kappa shape index (κ2) is 38.1. The van der Waals surface area contributed by atoms with Crippen LogP contribution in [0.1, 0.15) is 240 Å². The molecule has 0 bridgehead atoms. The van der Waals surface area contributed by atoms with E-state index in [1.807, 2.05) is 0 Å². The van der Waals surface area contributed by atoms with E-state index >= 15 is 0 Å². The van der Waals surface area contributed by atoms with E-state index in [-0.39, 0.29) is 31.1 Å². The second-order valence-electron chi connectivity index (χ2n) is 16.3. The van der Waals surface area contributed by atoms with Crippen LogP contribution in [0.25, 0.3) is 0 Å². The third-order valence-electron chi connectivity index (χ3n) is 9.97. The summed E-state index contributed by atoms with van der Waals surface area (Å²) < 4.78 is 16.6. The van der Waals surface area contributed by atoms with Gasteiger partial charge in [0.1, 0.15) is 13.2 Å². The summed E-state index contributed by atoms with van der Waals surface area (Å²) in [6.45, 7) is 11.3. The van der Waals surface area contributed by atoms with E-state index in [1.54, 1.807) is 0 Å². The summed E-state index contributed by atoms with van der Waals surface area (Å²) in [6, 6.07) is 0. The highest BCUT2D eigenvalue weighted by Crippen LogP contribution is 2.16. The molecule has 0 aromatic rings. The lowest BCUT2D eigenvalue weighted by Crippen LogP contribution is -2.30. The maximum absolute atomic E-state index is 12.7. The maximum atomic E-state index is 12.7. The molecule has 0 aromatic carbocycles. The topological polar surface area (TPSA) is 78.9 Å². The Hall–Kier alpha value is -1.59. The third-order valence-corrected chi connectivity index (χ3v) is 9.97. The molecule has 0 amide bonds. The molecule has 0 saturated carbocycles. The Morgan fingerprint density at radius 3 is 0.961 bits per heavy atom. The number of rotatable bonds is 39. The van der Waals surface area contributed by atoms with E-state index in [0.29, 0.717) is 19.3 Å². The van der Waals surface area contributed by atoms with Crippen LogP contribution in [0.15, 0.2) is 0 Å². The summed E-state index contributed by atoms with van der Waals surface area (Å²) >= 11 is 0. The van der Waals surface area contributed by atoms with E-state index in [9.17, 15) is 14.4 Å². The van der Waals surface area contributed by atoms with Gasteiger partial charge in [0.2, 0.25) is 0 Å². The average Bonchev–Trinajstić information content (AvgIpc) is 3.09. The van der Waals surface area contributed by atoms with Gasteiger partial charge in [-0.25, -0.2) is 0 Å². The highest BCUT2D eigenvalue weighted by atomic mass is 16.6. The molecular formula is C45H86O6. The van der Waals surface area contributed by atoms with E-state index in [4.69, 9.17) is 14.2 Å². The Kier molecular flexibility index (Phi) is 37.0. The number of hydrogen-bond acceptors (Lipinski definition) is 6. The summed E-state index contributed by atoms with van der Waals surface area (Å²) in [5.74, 6) is 0.753. The first-order valence-electron chi connectivity index (χ1n) is 22.2. The van der Waals surface area contributed by atoms with Gasteiger partial charge in [-0.15, -0.1) is 0 Å². The molecule has 6 heteroatoms. The summed E-state index contributed by atoms with van der Waals surface area (Å²) in [6.07, 6.45) is 35.3. The van der Waals surface area contributed by atoms with E-state index in [0.717, 1.165) is 69.6 Å². The summed E-state index contributed by atoms with van der Waals surface area (Å²) in [7, 11) is 0. The molecule has 0 heterocycles. The van der Waals surface area contributed by atoms with Crippen molar-refractivity contribution in [3.8, 4) is 0 Å². The lowest BCUT2D eigenvalue weighted by atomic mass is 10.0. The van der Waals surface area contributed by atoms with Gasteiger partial charge in [0.25, 0.3) is 0 Å². The zero-order valence-electron chi connectivity index (χ0n) is 34.7. The molecule has 0 spiro atoms. The fourth-order valence-corrected chi connectivity index (χ4v) is 6.58. The number of unbranched alkanes of at least 4 members (excludes halogenated alkanes) is 24. The molecule has 0 radical (unpaired) electrons. The van der Waals surface area contributed by atoms with E-state index in [1.165, 1.54) is 128 Å². The molecule has 0 fully saturated rings. The zero-order chi connectivity index (χ0) is 37.6. The molecule has 51 heavy (non-hydrogen) atoms. The third kappa shape index (κ3) is 39.5. The second-order valence-corrected chi connectivity index (χ2v) is 16.3. The van der Waals surface area contributed by atoms with Crippen LogP contribution in [0.2, 0.25) is 0 Å². The van der Waals surface area contributed by atoms with Crippen molar-refractivity contribution in [2.75, 3.05) is 13.2 Å². The van der Waals surface area contributed by atoms with Gasteiger partial charge in [-0.05, 0) is 31.1 Å². The van der Waals surface area contributed by atoms with Crippen molar-refractivity contribution < 1.29 is 28.6 Å². The Bertz CT molecular complexity index is 779. The van der Waals surface area contributed by atoms with Gasteiger partial charge in [0.05, 0.1) is 0 Å². The molecular weight excluding hydrogens is 636 g/mol. The normalized spacial score (nSPS) is 12.1. The molecule has 0 rings (SSSR count). The first kappa shape index (κ1) is 49.4. The summed E-state index contributed by atoms with van der Waals surface area (Å²) in [5, 5.41) is 0. The number of esters is 3. The molecule has 1 atom stereocenters. The molecule has 0 unspecified atom stereocenters. The fourth-order valence-electron chi connectivity index (χ4n) is 6.58. The SMILES string of the molecule is CCCCCCCCCC(=O)OC[C@@H](COC(=O)CCCCCCCCCC(C)C)OC(=O)CCCCCCCCCCCCCCCC(C)C. The maximum Gasteiger partial charge on any atom is 0.306 e. The van der Waals surface area contributed by atoms with Crippen LogP contribution in [0.3, 0.4) is 0 Å². The van der Waals surface area contributed by atoms with Gasteiger partial charge < -0.3 is 14.2 Å². The van der Waals surface area contributed by atoms with Crippen molar-refractivity contribution in [3.63, 3.8) is 0 Å². The molecule has 302 valence electrons. The minimum Gasteiger partial charge on any atom is -0.462 e. The lowest BCUT2D eigenvalue weighted by Gasteiger charge is -2.18. The largest absolute Gasteiger partial charge is 0.462 e. The Labute approximate surface area is 317 Å². The van der Waals surface area contributed by atoms with Crippen LogP contribution < -0.4 is 0 Å². The number of carbonyl (C=O) groups excluding carboxylic acids is 3. The van der Waals surface area contributed by atoms with Gasteiger partial charge in [0, 0.05) is 19.3 Å². The van der Waals surface area contributed by atoms with Crippen LogP contribution in [0.4, 0.5) is 0 Å². The molecule has 0 aromatic heterocycles. The van der Waals surface area contributed by atoms with Crippen LogP contribution in [0.5, 0.6) is 0 Å². The smallest absolute Gasteiger partial charge is 0.306 e. The first-order valence-corrected chi connectivity index (χ1v) is 22.2. The van der Waals surface area contributed by atoms with Crippen LogP contribution in [0, 0.1) is 11.8 Å². The lowest BCUT2D eigenvalue weighted by molar-refractivity contribution is -0.167. The standard InChI is InChI=1S/C45H86O6/c1-6-7-8-9-18-25-30-35-43(46)49-38-42(39-50-44(47)36-31-26-22-17-20-24-29-34-41(4)5)51-45(48)37-32-27-21-16-14-12-10-11-13-15-19-23-28-33-40(2)3/h40-42H,6-39H2,1-5H3/t42-/m0/s1. The highest BCUT2D eigenvalue weighted by molar-refractivity contribution is 5.71. The van der Waals surface area contributed by atoms with Gasteiger partial charge in [0.15, 0.2) is 6.10 Å². The van der Waals surface area contributed by atoms with Crippen molar-refractivity contribution in [2.24, 2.45) is 11.8 Å².